The summed E-state index contributed by atoms with van der Waals surface area (Å²) in [5.41, 5.74) is 0. The zero-order valence-electron chi connectivity index (χ0n) is 9.15. The smallest absolute Gasteiger partial charge is 0.358 e. The second-order valence-electron chi connectivity index (χ2n) is 0. The van der Waals surface area contributed by atoms with Crippen LogP contribution >= 0.6 is 0 Å². The first-order valence-electron chi connectivity index (χ1n) is 2.00. The monoisotopic (exact) mass is 314 g/mol. The summed E-state index contributed by atoms with van der Waals surface area (Å²) < 4.78 is 0. The van der Waals surface area contributed by atoms with E-state index in [1.54, 1.807) is 0 Å². The third-order valence-electron chi connectivity index (χ3n) is 0. The molecule has 0 heterocycles. The number of hydrogen-bond acceptors (Lipinski definition) is 0. The van der Waals surface area contributed by atoms with Crippen molar-refractivity contribution in [3.8, 4) is 0 Å². The quantitative estimate of drug-likeness (QED) is 0.578. The van der Waals surface area contributed by atoms with Crippen molar-refractivity contribution in [1.29, 1.82) is 0 Å². The Balaban J connectivity index is -0.000000000635. The molecule has 0 atom stereocenters. The molecule has 0 nitrogen and oxygen atoms in total. The van der Waals surface area contributed by atoms with Crippen LogP contribution in [0.4, 0.5) is 0 Å². The van der Waals surface area contributed by atoms with Gasteiger partial charge in [0.15, 0.2) is 0 Å². The average molecular weight is 314 g/mol. The molecule has 2 heteroatoms. The van der Waals surface area contributed by atoms with Gasteiger partial charge in [-0.2, -0.15) is 0 Å². The van der Waals surface area contributed by atoms with E-state index in [9.17, 15) is 0 Å². The van der Waals surface area contributed by atoms with Gasteiger partial charge in [-0.25, -0.2) is 0 Å². The van der Waals surface area contributed by atoms with E-state index in [-0.39, 0.29) is 103 Å². The predicted molar refractivity (Wildman–Crippen MR) is 55.1 cm³/mol. The van der Waals surface area contributed by atoms with Crippen molar-refractivity contribution in [2.75, 3.05) is 0 Å². The van der Waals surface area contributed by atoms with Crippen LogP contribution in [0.1, 0.15) is 35.1 Å². The fourth-order valence-electron chi connectivity index (χ4n) is 0. The normalized spacial score (nSPS) is 1.09. The van der Waals surface area contributed by atoms with Gasteiger partial charge in [0.2, 0.25) is 0 Å². The van der Waals surface area contributed by atoms with Crippen LogP contribution in [0, 0.1) is 29.7 Å². The van der Waals surface area contributed by atoms with E-state index in [1.165, 1.54) is 0 Å². The van der Waals surface area contributed by atoms with Crippen LogP contribution in [0.15, 0.2) is 0 Å². The first-order chi connectivity index (χ1) is 2.00. The summed E-state index contributed by atoms with van der Waals surface area (Å²) >= 11 is 0. The minimum absolute atomic E-state index is 0. The van der Waals surface area contributed by atoms with Crippen molar-refractivity contribution in [2.45, 2.75) is 35.1 Å². The van der Waals surface area contributed by atoms with Gasteiger partial charge in [0.1, 0.15) is 0 Å². The zero-order valence-corrected chi connectivity index (χ0v) is 14.8. The van der Waals surface area contributed by atoms with E-state index in [1.807, 2.05) is 27.7 Å². The molecule has 0 unspecified atom stereocenters. The maximum Gasteiger partial charge on any atom is 3.00 e. The molecule has 0 rings (SSSR count). The summed E-state index contributed by atoms with van der Waals surface area (Å²) in [6.07, 6.45) is 0. The molecule has 0 spiro atoms. The van der Waals surface area contributed by atoms with Crippen molar-refractivity contribution in [3.63, 3.8) is 0 Å². The summed E-state index contributed by atoms with van der Waals surface area (Å²) in [6.45, 7) is 8.00. The van der Waals surface area contributed by atoms with Crippen molar-refractivity contribution in [1.82, 2.24) is 0 Å². The van der Waals surface area contributed by atoms with Crippen LogP contribution in [0.25, 0.3) is 0 Å². The molecular formula is C9H28Y2-. The van der Waals surface area contributed by atoms with Gasteiger partial charge in [0.05, 0.1) is 0 Å². The average Bonchev–Trinajstić information content (AvgIpc) is 1.50. The van der Waals surface area contributed by atoms with Crippen molar-refractivity contribution in [3.05, 3.63) is 29.7 Å². The molecule has 0 amide bonds. The fraction of sp³-hybridized carbons (Fsp3) is 0.556. The molecule has 0 aliphatic carbocycles. The van der Waals surface area contributed by atoms with E-state index < -0.39 is 0 Å². The summed E-state index contributed by atoms with van der Waals surface area (Å²) in [7, 11) is 0. The molecule has 0 fully saturated rings. The topological polar surface area (TPSA) is 0 Å². The fourth-order valence-corrected chi connectivity index (χ4v) is 0. The minimum Gasteiger partial charge on any atom is -0.358 e. The third-order valence-corrected chi connectivity index (χ3v) is 0. The Morgan fingerprint density at radius 2 is 0.545 bits per heavy atom. The molecule has 1 radical (unpaired) electrons. The van der Waals surface area contributed by atoms with Gasteiger partial charge in [0.25, 0.3) is 0 Å². The van der Waals surface area contributed by atoms with Crippen LogP contribution in [0.5, 0.6) is 0 Å². The summed E-state index contributed by atoms with van der Waals surface area (Å²) in [5, 5.41) is 0. The maximum atomic E-state index is 2.00. The van der Waals surface area contributed by atoms with Gasteiger partial charge in [-0.05, 0) is 0 Å². The molecule has 0 aromatic rings. The van der Waals surface area contributed by atoms with Crippen molar-refractivity contribution in [2.24, 2.45) is 0 Å². The second-order valence-corrected chi connectivity index (χ2v) is 0. The van der Waals surface area contributed by atoms with Gasteiger partial charge in [-0.1, -0.05) is 35.1 Å². The zero-order chi connectivity index (χ0) is 4.00. The largest absolute Gasteiger partial charge is 3.00 e. The van der Waals surface area contributed by atoms with Crippen LogP contribution in [-0.2, 0) is 65.4 Å². The SMILES string of the molecule is C.CC.CC.[CH3-].[CH3-].[CH3-].[CH3-].[Y+3].[Y]. The first-order valence-corrected chi connectivity index (χ1v) is 2.00. The van der Waals surface area contributed by atoms with Crippen molar-refractivity contribution >= 4 is 0 Å². The molecule has 0 aliphatic heterocycles. The number of rotatable bonds is 0. The Hall–Kier alpha value is 2.21. The Labute approximate surface area is 128 Å². The van der Waals surface area contributed by atoms with Crippen LogP contribution < -0.4 is 0 Å². The molecule has 0 aromatic carbocycles. The molecule has 0 saturated carbocycles. The summed E-state index contributed by atoms with van der Waals surface area (Å²) in [4.78, 5) is 0. The van der Waals surface area contributed by atoms with Crippen LogP contribution in [-0.4, -0.2) is 0 Å². The van der Waals surface area contributed by atoms with Crippen LogP contribution in [0.2, 0.25) is 0 Å². The maximum absolute atomic E-state index is 2.00. The molecule has 11 heavy (non-hydrogen) atoms. The van der Waals surface area contributed by atoms with E-state index in [4.69, 9.17) is 0 Å². The Bertz CT molecular complexity index is 7.52. The Morgan fingerprint density at radius 1 is 0.545 bits per heavy atom. The second kappa shape index (κ2) is 315. The number of hydrogen-bond donors (Lipinski definition) is 0. The van der Waals surface area contributed by atoms with E-state index in [0.29, 0.717) is 0 Å². The summed E-state index contributed by atoms with van der Waals surface area (Å²) in [6, 6.07) is 0. The van der Waals surface area contributed by atoms with Crippen molar-refractivity contribution < 1.29 is 65.4 Å². The molecule has 71 valence electrons. The first kappa shape index (κ1) is 111. The van der Waals surface area contributed by atoms with Gasteiger partial charge in [-0.3, -0.25) is 0 Å². The molecule has 0 aromatic heterocycles. The minimum atomic E-state index is 0. The van der Waals surface area contributed by atoms with Gasteiger partial charge in [-0.15, -0.1) is 0 Å². The molecule has 0 aliphatic rings. The molecular weight excluding hydrogens is 286 g/mol. The van der Waals surface area contributed by atoms with E-state index in [2.05, 4.69) is 0 Å². The Morgan fingerprint density at radius 3 is 0.545 bits per heavy atom. The molecule has 0 bridgehead atoms. The summed E-state index contributed by atoms with van der Waals surface area (Å²) in [5.74, 6) is 0. The molecule has 0 N–H and O–H groups in total. The van der Waals surface area contributed by atoms with Gasteiger partial charge >= 0.3 is 32.7 Å². The van der Waals surface area contributed by atoms with Crippen LogP contribution in [0.3, 0.4) is 0 Å². The van der Waals surface area contributed by atoms with E-state index >= 15 is 0 Å². The van der Waals surface area contributed by atoms with E-state index in [0.717, 1.165) is 0 Å². The molecule has 0 saturated heterocycles. The predicted octanol–water partition coefficient (Wildman–Crippen LogP) is 4.48. The Kier molecular flexibility index (Phi) is 3180. The van der Waals surface area contributed by atoms with Gasteiger partial charge < -0.3 is 29.7 Å². The standard InChI is InChI=1S/2C2H6.CH4.4CH3.2Y/c2*1-2;;;;;;;/h2*1-2H3;1H4;4*1H3;;/q;;;4*-1;;+3. The third kappa shape index (κ3) is 261. The van der Waals surface area contributed by atoms with Gasteiger partial charge in [0, 0.05) is 32.7 Å².